The molecule has 0 saturated carbocycles. The molecule has 0 bridgehead atoms. The van der Waals surface area contributed by atoms with E-state index in [9.17, 15) is 56.3 Å². The van der Waals surface area contributed by atoms with Gasteiger partial charge in [-0.25, -0.2) is 4.39 Å². The summed E-state index contributed by atoms with van der Waals surface area (Å²) in [6.45, 7) is 0. The highest BCUT2D eigenvalue weighted by molar-refractivity contribution is 8.45. The maximum Gasteiger partial charge on any atom is 0.417 e. The van der Waals surface area contributed by atoms with Gasteiger partial charge in [-0.3, -0.25) is 0 Å². The number of hydrogen-bond acceptors (Lipinski definition) is 5. The third-order valence-electron chi connectivity index (χ3n) is 4.74. The van der Waals surface area contributed by atoms with Crippen molar-refractivity contribution in [2.75, 3.05) is 0 Å². The molecule has 0 radical (unpaired) electrons. The van der Waals surface area contributed by atoms with E-state index in [0.29, 0.717) is 18.2 Å². The molecule has 39 heavy (non-hydrogen) atoms. The van der Waals surface area contributed by atoms with Gasteiger partial charge in [0, 0.05) is 5.22 Å². The van der Waals surface area contributed by atoms with Gasteiger partial charge in [0.15, 0.2) is 0 Å². The van der Waals surface area contributed by atoms with Crippen molar-refractivity contribution in [3.8, 4) is 30.3 Å². The van der Waals surface area contributed by atoms with Crippen LogP contribution in [-0.4, -0.2) is 0 Å². The molecule has 18 heteroatoms. The van der Waals surface area contributed by atoms with Crippen molar-refractivity contribution in [1.29, 1.82) is 26.3 Å². The first-order chi connectivity index (χ1) is 17.5. The first-order valence-corrected chi connectivity index (χ1v) is 11.1. The molecule has 0 aliphatic rings. The van der Waals surface area contributed by atoms with Gasteiger partial charge in [0.2, 0.25) is 0 Å². The van der Waals surface area contributed by atoms with Crippen molar-refractivity contribution in [3.63, 3.8) is 0 Å². The van der Waals surface area contributed by atoms with Crippen molar-refractivity contribution in [2.45, 2.75) is 17.2 Å². The lowest BCUT2D eigenvalue weighted by atomic mass is 9.92. The van der Waals surface area contributed by atoms with E-state index in [1.807, 2.05) is 0 Å². The van der Waals surface area contributed by atoms with Gasteiger partial charge >= 0.3 is 22.6 Å². The predicted octanol–water partition coefficient (Wildman–Crippen LogP) is 6.18. The number of alkyl halides is 6. The van der Waals surface area contributed by atoms with E-state index in [1.165, 1.54) is 0 Å². The molecule has 2 rings (SSSR count). The molecule has 0 aliphatic carbocycles. The van der Waals surface area contributed by atoms with Gasteiger partial charge in [-0.15, -0.1) is 0 Å². The van der Waals surface area contributed by atoms with E-state index in [2.05, 4.69) is 0 Å². The van der Waals surface area contributed by atoms with Crippen molar-refractivity contribution in [2.24, 2.45) is 0 Å². The number of rotatable bonds is 2. The lowest BCUT2D eigenvalue weighted by Crippen LogP contribution is -2.31. The zero-order valence-corrected chi connectivity index (χ0v) is 18.7. The minimum absolute atomic E-state index is 0.265. The average molecular weight is 585 g/mol. The Morgan fingerprint density at radius 1 is 0.667 bits per heavy atom. The summed E-state index contributed by atoms with van der Waals surface area (Å²) in [7, 11) is -11.4. The maximum atomic E-state index is 15.0. The molecule has 0 fully saturated rings. The zero-order valence-electron chi connectivity index (χ0n) is 17.9. The lowest BCUT2D eigenvalue weighted by molar-refractivity contribution is -0.143. The van der Waals surface area contributed by atoms with Gasteiger partial charge in [0.05, 0.1) is 33.0 Å². The van der Waals surface area contributed by atoms with E-state index in [4.69, 9.17) is 15.8 Å². The van der Waals surface area contributed by atoms with Crippen molar-refractivity contribution < 1.29 is 50.2 Å². The summed E-state index contributed by atoms with van der Waals surface area (Å²) < 4.78 is 167. The predicted molar refractivity (Wildman–Crippen MR) is 106 cm³/mol. The van der Waals surface area contributed by atoms with Crippen molar-refractivity contribution >= 4 is 21.4 Å². The van der Waals surface area contributed by atoms with Crippen LogP contribution >= 0.6 is 10.2 Å². The smallest absolute Gasteiger partial charge is 0.206 e. The van der Waals surface area contributed by atoms with Gasteiger partial charge in [-0.2, -0.15) is 52.7 Å². The van der Waals surface area contributed by atoms with Crippen LogP contribution in [0.1, 0.15) is 27.8 Å². The van der Waals surface area contributed by atoms with Crippen LogP contribution in [0.2, 0.25) is 0 Å². The molecule has 0 amide bonds. The van der Waals surface area contributed by atoms with Crippen LogP contribution in [0.15, 0.2) is 23.1 Å². The fraction of sp³-hybridized carbons (Fsp3) is 0.0952. The number of hydrogen-bond donors (Lipinski definition) is 0. The Bertz CT molecular complexity index is 1720. The quantitative estimate of drug-likeness (QED) is 0.390. The SMILES string of the molecule is N#CC(C#N)=c1cc(F)/c(=C(\C#N)c2cc(C(F)(F)F)c(C#N)c(C(F)(F)F)c2)c(S(F)(F)(F)(F)F)c1C#N. The summed E-state index contributed by atoms with van der Waals surface area (Å²) in [6.07, 6.45) is -11.7. The summed E-state index contributed by atoms with van der Waals surface area (Å²) in [5, 5.41) is 41.0. The van der Waals surface area contributed by atoms with Crippen LogP contribution in [0.25, 0.3) is 11.1 Å². The molecule has 0 saturated heterocycles. The summed E-state index contributed by atoms with van der Waals surface area (Å²) in [5.41, 5.74) is -14.8. The Labute approximate surface area is 208 Å². The van der Waals surface area contributed by atoms with Gasteiger partial charge < -0.3 is 0 Å². The molecular formula is C21H3F12N5S. The van der Waals surface area contributed by atoms with Crippen LogP contribution in [0.3, 0.4) is 0 Å². The van der Waals surface area contributed by atoms with Crippen molar-refractivity contribution in [3.05, 3.63) is 62.3 Å². The number of nitriles is 5. The highest BCUT2D eigenvalue weighted by Crippen LogP contribution is 3.01. The molecular weight excluding hydrogens is 582 g/mol. The minimum atomic E-state index is -11.4. The Kier molecular flexibility index (Phi) is 6.69. The standard InChI is InChI=1S/C21H3F12N5S/c22-17-3-11(10(4-34)5-35)13(7-37)19(39(29,30,31,32)33)18(17)12(6-36)9-1-15(20(23,24)25)14(8-38)16(2-9)21(26,27)28/h1-3H/b18-12-. The largest absolute Gasteiger partial charge is 0.417 e. The molecule has 0 atom stereocenters. The number of benzene rings is 2. The third-order valence-corrected chi connectivity index (χ3v) is 5.92. The molecule has 5 nitrogen and oxygen atoms in total. The van der Waals surface area contributed by atoms with E-state index in [1.54, 1.807) is 0 Å². The highest BCUT2D eigenvalue weighted by atomic mass is 32.5. The number of nitrogens with zero attached hydrogens (tertiary/aromatic N) is 5. The second-order valence-corrected chi connectivity index (χ2v) is 9.55. The number of halogens is 12. The van der Waals surface area contributed by atoms with Crippen LogP contribution in [-0.2, 0) is 12.4 Å². The first kappa shape index (κ1) is 30.4. The van der Waals surface area contributed by atoms with Crippen LogP contribution in [0, 0.1) is 62.5 Å². The Morgan fingerprint density at radius 2 is 1.10 bits per heavy atom. The second-order valence-electron chi connectivity index (χ2n) is 7.20. The van der Waals surface area contributed by atoms with E-state index in [0.717, 1.165) is 12.1 Å². The molecule has 202 valence electrons. The van der Waals surface area contributed by atoms with Gasteiger partial charge in [-0.05, 0) is 23.8 Å². The fourth-order valence-electron chi connectivity index (χ4n) is 3.32. The van der Waals surface area contributed by atoms with E-state index < -0.39 is 94.8 Å². The summed E-state index contributed by atoms with van der Waals surface area (Å²) >= 11 is 0. The molecule has 0 N–H and O–H groups in total. The Balaban J connectivity index is 3.58. The summed E-state index contributed by atoms with van der Waals surface area (Å²) in [6, 6.07) is 2.45. The minimum Gasteiger partial charge on any atom is -0.206 e. The van der Waals surface area contributed by atoms with E-state index >= 15 is 4.39 Å². The third kappa shape index (κ3) is 5.69. The highest BCUT2D eigenvalue weighted by Gasteiger charge is 2.68. The molecule has 0 spiro atoms. The summed E-state index contributed by atoms with van der Waals surface area (Å²) in [4.78, 5) is -3.57. The normalized spacial score (nSPS) is 14.3. The van der Waals surface area contributed by atoms with Crippen LogP contribution < -0.4 is 10.4 Å². The zero-order chi connectivity index (χ0) is 30.4. The summed E-state index contributed by atoms with van der Waals surface area (Å²) in [5.74, 6) is -2.56. The monoisotopic (exact) mass is 585 g/mol. The molecule has 2 aromatic carbocycles. The molecule has 0 heterocycles. The molecule has 2 aromatic rings. The van der Waals surface area contributed by atoms with Gasteiger partial charge in [-0.1, -0.05) is 19.4 Å². The van der Waals surface area contributed by atoms with Gasteiger partial charge in [0.1, 0.15) is 46.6 Å². The first-order valence-electron chi connectivity index (χ1n) is 9.15. The fourth-order valence-corrected chi connectivity index (χ4v) is 4.44. The van der Waals surface area contributed by atoms with Crippen LogP contribution in [0.5, 0.6) is 0 Å². The Hall–Kier alpha value is -4.86. The van der Waals surface area contributed by atoms with Crippen molar-refractivity contribution in [1.82, 2.24) is 0 Å². The van der Waals surface area contributed by atoms with Crippen LogP contribution in [0.4, 0.5) is 50.2 Å². The second kappa shape index (κ2) is 8.59. The van der Waals surface area contributed by atoms with E-state index in [-0.39, 0.29) is 6.07 Å². The maximum absolute atomic E-state index is 15.0. The topological polar surface area (TPSA) is 119 Å². The van der Waals surface area contributed by atoms with Gasteiger partial charge in [0.25, 0.3) is 0 Å². The molecule has 0 unspecified atom stereocenters. The molecule has 0 aliphatic heterocycles. The average Bonchev–Trinajstić information content (AvgIpc) is 2.77. The Morgan fingerprint density at radius 3 is 1.41 bits per heavy atom. The molecule has 0 aromatic heterocycles. The lowest BCUT2D eigenvalue weighted by Gasteiger charge is -2.41.